The molecule has 1 heterocycles. The van der Waals surface area contributed by atoms with Crippen molar-refractivity contribution in [3.8, 4) is 11.1 Å². The van der Waals surface area contributed by atoms with Gasteiger partial charge in [0.15, 0.2) is 5.84 Å². The quantitative estimate of drug-likeness (QED) is 0.139. The Morgan fingerprint density at radius 1 is 0.614 bits per heavy atom. The van der Waals surface area contributed by atoms with Gasteiger partial charge >= 0.3 is 0 Å². The van der Waals surface area contributed by atoms with E-state index < -0.39 is 0 Å². The van der Waals surface area contributed by atoms with Gasteiger partial charge in [-0.3, -0.25) is 4.99 Å². The Bertz CT molecular complexity index is 2140. The van der Waals surface area contributed by atoms with Crippen LogP contribution >= 0.6 is 0 Å². The van der Waals surface area contributed by atoms with Gasteiger partial charge in [0.2, 0.25) is 0 Å². The summed E-state index contributed by atoms with van der Waals surface area (Å²) in [6, 6.07) is 48.9. The Hall–Kier alpha value is -5.28. The van der Waals surface area contributed by atoms with Gasteiger partial charge in [0.25, 0.3) is 0 Å². The highest BCUT2D eigenvalue weighted by Gasteiger charge is 2.14. The van der Waals surface area contributed by atoms with E-state index in [9.17, 15) is 0 Å². The monoisotopic (exact) mass is 570 g/mol. The lowest BCUT2D eigenvalue weighted by Crippen LogP contribution is -2.07. The summed E-state index contributed by atoms with van der Waals surface area (Å²) in [7, 11) is 0. The number of nitrogens with zero attached hydrogens (tertiary/aromatic N) is 2. The summed E-state index contributed by atoms with van der Waals surface area (Å²) in [5.74, 6) is 0.736. The van der Waals surface area contributed by atoms with Crippen LogP contribution in [0.3, 0.4) is 0 Å². The van der Waals surface area contributed by atoms with Crippen LogP contribution in [-0.4, -0.2) is 11.5 Å². The van der Waals surface area contributed by atoms with Crippen molar-refractivity contribution < 1.29 is 4.42 Å². The lowest BCUT2D eigenvalue weighted by molar-refractivity contribution is 0.640. The van der Waals surface area contributed by atoms with Crippen molar-refractivity contribution in [2.24, 2.45) is 9.98 Å². The molecule has 0 saturated carbocycles. The van der Waals surface area contributed by atoms with Crippen LogP contribution in [0.1, 0.15) is 49.4 Å². The first kappa shape index (κ1) is 27.5. The van der Waals surface area contributed by atoms with E-state index in [-0.39, 0.29) is 6.04 Å². The molecule has 3 heteroatoms. The molecule has 0 aliphatic carbocycles. The van der Waals surface area contributed by atoms with Gasteiger partial charge in [-0.2, -0.15) is 0 Å². The van der Waals surface area contributed by atoms with Gasteiger partial charge < -0.3 is 4.42 Å². The summed E-state index contributed by atoms with van der Waals surface area (Å²) in [4.78, 5) is 10.5. The number of rotatable bonds is 7. The van der Waals surface area contributed by atoms with E-state index >= 15 is 0 Å². The second kappa shape index (κ2) is 12.1. The van der Waals surface area contributed by atoms with E-state index in [1.807, 2.05) is 18.2 Å². The van der Waals surface area contributed by atoms with Crippen LogP contribution in [0.15, 0.2) is 154 Å². The third kappa shape index (κ3) is 5.57. The summed E-state index contributed by atoms with van der Waals surface area (Å²) in [6.45, 7) is 4.26. The van der Waals surface area contributed by atoms with Crippen molar-refractivity contribution in [3.05, 3.63) is 156 Å². The molecule has 0 saturated heterocycles. The molecule has 7 aromatic rings. The zero-order valence-corrected chi connectivity index (χ0v) is 25.1. The van der Waals surface area contributed by atoms with Crippen LogP contribution in [0.2, 0.25) is 0 Å². The van der Waals surface area contributed by atoms with E-state index in [0.29, 0.717) is 0 Å². The average molecular weight is 571 g/mol. The van der Waals surface area contributed by atoms with E-state index in [0.717, 1.165) is 57.5 Å². The molecule has 0 aliphatic heterocycles. The predicted molar refractivity (Wildman–Crippen MR) is 186 cm³/mol. The van der Waals surface area contributed by atoms with Gasteiger partial charge in [-0.25, -0.2) is 4.99 Å². The number of aliphatic imine (C=N–C) groups is 2. The van der Waals surface area contributed by atoms with E-state index in [2.05, 4.69) is 135 Å². The first-order chi connectivity index (χ1) is 21.7. The number of amidine groups is 1. The molecule has 1 atom stereocenters. The zero-order valence-electron chi connectivity index (χ0n) is 25.1. The minimum absolute atomic E-state index is 0.0192. The smallest absolute Gasteiger partial charge is 0.155 e. The first-order valence-corrected chi connectivity index (χ1v) is 15.4. The Labute approximate surface area is 258 Å². The lowest BCUT2D eigenvalue weighted by atomic mass is 9.99. The van der Waals surface area contributed by atoms with Crippen molar-refractivity contribution >= 4 is 44.3 Å². The average Bonchev–Trinajstić information content (AvgIpc) is 3.46. The fraction of sp³-hybridized carbons (Fsp3) is 0.122. The van der Waals surface area contributed by atoms with Crippen LogP contribution in [0.4, 0.5) is 0 Å². The van der Waals surface area contributed by atoms with Crippen molar-refractivity contribution in [2.75, 3.05) is 0 Å². The molecule has 1 aromatic heterocycles. The second-order valence-electron chi connectivity index (χ2n) is 11.3. The molecule has 0 aliphatic rings. The maximum absolute atomic E-state index is 6.18. The number of para-hydroxylation sites is 1. The first-order valence-electron chi connectivity index (χ1n) is 15.4. The van der Waals surface area contributed by atoms with Gasteiger partial charge in [-0.05, 0) is 70.6 Å². The molecule has 0 amide bonds. The normalized spacial score (nSPS) is 13.1. The number of hydrogen-bond acceptors (Lipinski definition) is 2. The third-order valence-electron chi connectivity index (χ3n) is 8.32. The summed E-state index contributed by atoms with van der Waals surface area (Å²) in [5, 5.41) is 4.73. The fourth-order valence-corrected chi connectivity index (χ4v) is 5.92. The highest BCUT2D eigenvalue weighted by atomic mass is 16.3. The SMILES string of the molecule is CCCC(N=C(N=C(C)c1ccc2c(c1)oc1ccccc12)c1ccc(-c2ccc3ccccc3c2)cc1)c1ccccc1. The van der Waals surface area contributed by atoms with Gasteiger partial charge in [-0.1, -0.05) is 129 Å². The minimum Gasteiger partial charge on any atom is -0.456 e. The summed E-state index contributed by atoms with van der Waals surface area (Å²) < 4.78 is 6.18. The number of hydrogen-bond donors (Lipinski definition) is 0. The van der Waals surface area contributed by atoms with E-state index in [1.165, 1.54) is 27.5 Å². The van der Waals surface area contributed by atoms with Crippen LogP contribution in [-0.2, 0) is 0 Å². The Morgan fingerprint density at radius 2 is 1.30 bits per heavy atom. The molecule has 1 unspecified atom stereocenters. The van der Waals surface area contributed by atoms with Crippen molar-refractivity contribution in [1.29, 1.82) is 0 Å². The largest absolute Gasteiger partial charge is 0.456 e. The minimum atomic E-state index is 0.0192. The van der Waals surface area contributed by atoms with E-state index in [1.54, 1.807) is 0 Å². The predicted octanol–water partition coefficient (Wildman–Crippen LogP) is 11.2. The maximum Gasteiger partial charge on any atom is 0.155 e. The van der Waals surface area contributed by atoms with Gasteiger partial charge in [0.05, 0.1) is 6.04 Å². The number of furan rings is 1. The molecule has 0 radical (unpaired) electrons. The van der Waals surface area contributed by atoms with Gasteiger partial charge in [-0.15, -0.1) is 0 Å². The van der Waals surface area contributed by atoms with Crippen molar-refractivity contribution in [1.82, 2.24) is 0 Å². The molecule has 0 bridgehead atoms. The molecule has 6 aromatic carbocycles. The highest BCUT2D eigenvalue weighted by Crippen LogP contribution is 2.30. The molecule has 44 heavy (non-hydrogen) atoms. The number of fused-ring (bicyclic) bond motifs is 4. The molecule has 0 spiro atoms. The molecular formula is C41H34N2O. The van der Waals surface area contributed by atoms with Crippen LogP contribution in [0, 0.1) is 0 Å². The molecule has 3 nitrogen and oxygen atoms in total. The van der Waals surface area contributed by atoms with Crippen molar-refractivity contribution in [2.45, 2.75) is 32.7 Å². The molecule has 0 fully saturated rings. The van der Waals surface area contributed by atoms with Crippen LogP contribution in [0.25, 0.3) is 43.8 Å². The molecule has 214 valence electrons. The molecule has 0 N–H and O–H groups in total. The standard InChI is InChI=1S/C41H34N2O/c1-3-11-38(31-13-5-4-6-14-31)43-41(32-21-18-30(19-22-32)35-23-20-29-12-7-8-15-34(29)26-35)42-28(2)33-24-25-37-36-16-9-10-17-39(36)44-40(37)27-33/h4-10,12-27,38H,3,11H2,1-2H3. The van der Waals surface area contributed by atoms with Gasteiger partial charge in [0.1, 0.15) is 11.2 Å². The Kier molecular flexibility index (Phi) is 7.60. The lowest BCUT2D eigenvalue weighted by Gasteiger charge is -2.15. The van der Waals surface area contributed by atoms with Crippen molar-refractivity contribution in [3.63, 3.8) is 0 Å². The topological polar surface area (TPSA) is 37.9 Å². The fourth-order valence-electron chi connectivity index (χ4n) is 5.92. The van der Waals surface area contributed by atoms with Gasteiger partial charge in [0, 0.05) is 22.0 Å². The van der Waals surface area contributed by atoms with E-state index in [4.69, 9.17) is 14.4 Å². The summed E-state index contributed by atoms with van der Waals surface area (Å²) in [5.41, 5.74) is 8.24. The maximum atomic E-state index is 6.18. The third-order valence-corrected chi connectivity index (χ3v) is 8.32. The zero-order chi connectivity index (χ0) is 29.9. The molecule has 7 rings (SSSR count). The number of benzene rings is 6. The summed E-state index contributed by atoms with van der Waals surface area (Å²) >= 11 is 0. The Morgan fingerprint density at radius 3 is 2.11 bits per heavy atom. The summed E-state index contributed by atoms with van der Waals surface area (Å²) in [6.07, 6.45) is 1.98. The second-order valence-corrected chi connectivity index (χ2v) is 11.3. The van der Waals surface area contributed by atoms with Crippen LogP contribution in [0.5, 0.6) is 0 Å². The Balaban J connectivity index is 1.29. The molecular weight excluding hydrogens is 536 g/mol. The van der Waals surface area contributed by atoms with Crippen LogP contribution < -0.4 is 0 Å². The highest BCUT2D eigenvalue weighted by molar-refractivity contribution is 6.13.